The number of nitrogens with one attached hydrogen (secondary N) is 1. The number of aliphatic hydroxyl groups excluding tert-OH is 1. The van der Waals surface area contributed by atoms with Crippen LogP contribution in [0.15, 0.2) is 0 Å². The molecule has 0 aliphatic heterocycles. The van der Waals surface area contributed by atoms with Crippen molar-refractivity contribution in [3.63, 3.8) is 0 Å². The van der Waals surface area contributed by atoms with Crippen molar-refractivity contribution >= 4 is 6.03 Å². The summed E-state index contributed by atoms with van der Waals surface area (Å²) < 4.78 is 0. The van der Waals surface area contributed by atoms with Crippen LogP contribution in [0.4, 0.5) is 4.79 Å². The molecule has 2 amide bonds. The van der Waals surface area contributed by atoms with Gasteiger partial charge in [-0.05, 0) is 30.6 Å². The van der Waals surface area contributed by atoms with E-state index in [4.69, 9.17) is 5.11 Å². The van der Waals surface area contributed by atoms with E-state index in [1.165, 1.54) is 24.2 Å². The summed E-state index contributed by atoms with van der Waals surface area (Å²) in [5.74, 6) is 0.689. The Kier molecular flexibility index (Phi) is 4.59. The number of rotatable bonds is 6. The molecule has 0 aromatic rings. The van der Waals surface area contributed by atoms with Crippen LogP contribution in [0.5, 0.6) is 0 Å². The first kappa shape index (κ1) is 13.3. The third kappa shape index (κ3) is 4.00. The van der Waals surface area contributed by atoms with Crippen LogP contribution in [0.1, 0.15) is 33.1 Å². The van der Waals surface area contributed by atoms with E-state index in [2.05, 4.69) is 19.2 Å². The molecule has 0 spiro atoms. The number of carbonyl (C=O) groups excluding carboxylic acids is 1. The Morgan fingerprint density at radius 2 is 2.12 bits per heavy atom. The number of likely N-dealkylation sites (N-methyl/N-ethyl adjacent to an activating group) is 1. The maximum atomic E-state index is 11.6. The van der Waals surface area contributed by atoms with Crippen LogP contribution in [-0.4, -0.2) is 42.8 Å². The van der Waals surface area contributed by atoms with Crippen molar-refractivity contribution < 1.29 is 9.90 Å². The van der Waals surface area contributed by atoms with Crippen LogP contribution in [0.3, 0.4) is 0 Å². The minimum absolute atomic E-state index is 0.0149. The van der Waals surface area contributed by atoms with Gasteiger partial charge in [0.15, 0.2) is 0 Å². The first-order chi connectivity index (χ1) is 7.49. The Morgan fingerprint density at radius 1 is 1.50 bits per heavy atom. The lowest BCUT2D eigenvalue weighted by molar-refractivity contribution is 0.187. The van der Waals surface area contributed by atoms with E-state index in [-0.39, 0.29) is 12.6 Å². The van der Waals surface area contributed by atoms with Crippen LogP contribution in [0.25, 0.3) is 0 Å². The molecule has 1 aliphatic carbocycles. The van der Waals surface area contributed by atoms with Gasteiger partial charge in [0.2, 0.25) is 0 Å². The van der Waals surface area contributed by atoms with Gasteiger partial charge in [0, 0.05) is 20.1 Å². The van der Waals surface area contributed by atoms with Crippen molar-refractivity contribution in [3.8, 4) is 0 Å². The molecule has 4 heteroatoms. The number of nitrogens with zero attached hydrogens (tertiary/aromatic N) is 1. The molecule has 16 heavy (non-hydrogen) atoms. The number of urea groups is 1. The van der Waals surface area contributed by atoms with E-state index < -0.39 is 0 Å². The smallest absolute Gasteiger partial charge is 0.317 e. The third-order valence-electron chi connectivity index (χ3n) is 3.20. The van der Waals surface area contributed by atoms with Crippen LogP contribution < -0.4 is 5.32 Å². The first-order valence-corrected chi connectivity index (χ1v) is 6.09. The van der Waals surface area contributed by atoms with Gasteiger partial charge in [-0.1, -0.05) is 13.8 Å². The quantitative estimate of drug-likeness (QED) is 0.723. The maximum absolute atomic E-state index is 11.6. The minimum atomic E-state index is -0.0796. The Balaban J connectivity index is 2.26. The molecule has 0 bridgehead atoms. The first-order valence-electron chi connectivity index (χ1n) is 6.09. The molecule has 94 valence electrons. The summed E-state index contributed by atoms with van der Waals surface area (Å²) in [6.07, 6.45) is 3.65. The molecule has 0 aromatic carbocycles. The molecular weight excluding hydrogens is 204 g/mol. The second-order valence-electron chi connectivity index (χ2n) is 5.40. The summed E-state index contributed by atoms with van der Waals surface area (Å²) in [7, 11) is 1.70. The van der Waals surface area contributed by atoms with Crippen LogP contribution in [0.2, 0.25) is 0 Å². The molecule has 1 saturated carbocycles. The third-order valence-corrected chi connectivity index (χ3v) is 3.20. The zero-order chi connectivity index (χ0) is 12.2. The van der Waals surface area contributed by atoms with E-state index in [0.717, 1.165) is 6.54 Å². The molecule has 0 saturated heterocycles. The van der Waals surface area contributed by atoms with Crippen LogP contribution in [-0.2, 0) is 0 Å². The predicted molar refractivity (Wildman–Crippen MR) is 64.2 cm³/mol. The van der Waals surface area contributed by atoms with Gasteiger partial charge in [-0.15, -0.1) is 0 Å². The fourth-order valence-corrected chi connectivity index (χ4v) is 2.15. The topological polar surface area (TPSA) is 52.6 Å². The summed E-state index contributed by atoms with van der Waals surface area (Å²) >= 11 is 0. The van der Waals surface area contributed by atoms with Gasteiger partial charge in [0.1, 0.15) is 0 Å². The van der Waals surface area contributed by atoms with Gasteiger partial charge in [0.25, 0.3) is 0 Å². The predicted octanol–water partition coefficient (Wildman–Crippen LogP) is 1.45. The monoisotopic (exact) mass is 228 g/mol. The van der Waals surface area contributed by atoms with Gasteiger partial charge < -0.3 is 15.3 Å². The Hall–Kier alpha value is -0.770. The van der Waals surface area contributed by atoms with E-state index in [1.807, 2.05) is 0 Å². The van der Waals surface area contributed by atoms with E-state index in [9.17, 15) is 4.79 Å². The van der Waals surface area contributed by atoms with Gasteiger partial charge in [-0.2, -0.15) is 0 Å². The summed E-state index contributed by atoms with van der Waals surface area (Å²) in [6.45, 7) is 5.63. The highest BCUT2D eigenvalue weighted by Gasteiger charge is 2.42. The van der Waals surface area contributed by atoms with Gasteiger partial charge in [0.05, 0.1) is 6.61 Å². The second-order valence-corrected chi connectivity index (χ2v) is 5.40. The van der Waals surface area contributed by atoms with Crippen molar-refractivity contribution in [2.75, 3.05) is 26.7 Å². The molecule has 0 heterocycles. The standard InChI is InChI=1S/C12H24N2O2/c1-10(2)8-12(4-5-12)9-13-11(16)14(3)6-7-15/h10,15H,4-9H2,1-3H3,(H,13,16). The summed E-state index contributed by atoms with van der Waals surface area (Å²) in [5, 5.41) is 11.7. The molecular formula is C12H24N2O2. The van der Waals surface area contributed by atoms with Crippen molar-refractivity contribution in [2.45, 2.75) is 33.1 Å². The summed E-state index contributed by atoms with van der Waals surface area (Å²) in [6, 6.07) is -0.0796. The molecule has 2 N–H and O–H groups in total. The van der Waals surface area contributed by atoms with Gasteiger partial charge in [-0.3, -0.25) is 0 Å². The highest BCUT2D eigenvalue weighted by molar-refractivity contribution is 5.73. The normalized spacial score (nSPS) is 17.3. The molecule has 0 atom stereocenters. The number of carbonyl (C=O) groups is 1. The highest BCUT2D eigenvalue weighted by atomic mass is 16.3. The van der Waals surface area contributed by atoms with E-state index in [1.54, 1.807) is 7.05 Å². The van der Waals surface area contributed by atoms with Crippen molar-refractivity contribution in [2.24, 2.45) is 11.3 Å². The minimum Gasteiger partial charge on any atom is -0.395 e. The van der Waals surface area contributed by atoms with Crippen molar-refractivity contribution in [1.29, 1.82) is 0 Å². The molecule has 4 nitrogen and oxygen atoms in total. The van der Waals surface area contributed by atoms with E-state index in [0.29, 0.717) is 17.9 Å². The lowest BCUT2D eigenvalue weighted by Crippen LogP contribution is -2.41. The number of hydrogen-bond donors (Lipinski definition) is 2. The summed E-state index contributed by atoms with van der Waals surface area (Å²) in [5.41, 5.74) is 0.365. The zero-order valence-electron chi connectivity index (χ0n) is 10.6. The van der Waals surface area contributed by atoms with Crippen molar-refractivity contribution in [1.82, 2.24) is 10.2 Å². The number of amides is 2. The van der Waals surface area contributed by atoms with Gasteiger partial charge >= 0.3 is 6.03 Å². The second kappa shape index (κ2) is 5.53. The van der Waals surface area contributed by atoms with Crippen LogP contribution >= 0.6 is 0 Å². The zero-order valence-corrected chi connectivity index (χ0v) is 10.6. The largest absolute Gasteiger partial charge is 0.395 e. The lowest BCUT2D eigenvalue weighted by Gasteiger charge is -2.21. The molecule has 0 radical (unpaired) electrons. The lowest BCUT2D eigenvalue weighted by atomic mass is 9.94. The molecule has 0 aromatic heterocycles. The van der Waals surface area contributed by atoms with Gasteiger partial charge in [-0.25, -0.2) is 4.79 Å². The number of hydrogen-bond acceptors (Lipinski definition) is 2. The average Bonchev–Trinajstić information content (AvgIpc) is 2.94. The van der Waals surface area contributed by atoms with Crippen molar-refractivity contribution in [3.05, 3.63) is 0 Å². The Labute approximate surface area is 98.0 Å². The Morgan fingerprint density at radius 3 is 2.56 bits per heavy atom. The van der Waals surface area contributed by atoms with E-state index >= 15 is 0 Å². The molecule has 1 rings (SSSR count). The average molecular weight is 228 g/mol. The highest BCUT2D eigenvalue weighted by Crippen LogP contribution is 2.49. The number of aliphatic hydroxyl groups is 1. The SMILES string of the molecule is CC(C)CC1(CNC(=O)N(C)CCO)CC1. The fraction of sp³-hybridized carbons (Fsp3) is 0.917. The Bertz CT molecular complexity index is 237. The molecule has 1 aliphatic rings. The molecule has 1 fully saturated rings. The molecule has 0 unspecified atom stereocenters. The summed E-state index contributed by atoms with van der Waals surface area (Å²) in [4.78, 5) is 13.1. The van der Waals surface area contributed by atoms with Crippen LogP contribution in [0, 0.1) is 11.3 Å². The maximum Gasteiger partial charge on any atom is 0.317 e. The fourth-order valence-electron chi connectivity index (χ4n) is 2.15.